The van der Waals surface area contributed by atoms with Crippen LogP contribution in [0.3, 0.4) is 0 Å². The van der Waals surface area contributed by atoms with Crippen molar-refractivity contribution in [2.24, 2.45) is 5.92 Å². The monoisotopic (exact) mass is 176 g/mol. The fourth-order valence-electron chi connectivity index (χ4n) is 2.01. The van der Waals surface area contributed by atoms with E-state index in [1.165, 1.54) is 25.2 Å². The fourth-order valence-corrected chi connectivity index (χ4v) is 2.01. The number of rotatable bonds is 2. The van der Waals surface area contributed by atoms with Crippen LogP contribution < -0.4 is 0 Å². The van der Waals surface area contributed by atoms with E-state index in [-0.39, 0.29) is 0 Å². The van der Waals surface area contributed by atoms with Crippen LogP contribution in [0.1, 0.15) is 12.1 Å². The molecule has 1 saturated heterocycles. The molecule has 0 amide bonds. The van der Waals surface area contributed by atoms with Gasteiger partial charge in [0, 0.05) is 18.4 Å². The van der Waals surface area contributed by atoms with E-state index in [4.69, 9.17) is 0 Å². The summed E-state index contributed by atoms with van der Waals surface area (Å²) >= 11 is 0. The summed E-state index contributed by atoms with van der Waals surface area (Å²) in [6.45, 7) is 2.48. The second kappa shape index (κ2) is 3.88. The third-order valence-electron chi connectivity index (χ3n) is 2.71. The smallest absolute Gasteiger partial charge is 0.0406 e. The van der Waals surface area contributed by atoms with Crippen molar-refractivity contribution < 1.29 is 0 Å². The summed E-state index contributed by atoms with van der Waals surface area (Å²) in [6, 6.07) is 6.17. The number of pyridine rings is 1. The molecule has 1 aromatic rings. The lowest BCUT2D eigenvalue weighted by atomic mass is 10.0. The first-order valence-corrected chi connectivity index (χ1v) is 4.93. The Morgan fingerprint density at radius 2 is 2.46 bits per heavy atom. The average molecular weight is 176 g/mol. The first-order valence-electron chi connectivity index (χ1n) is 4.93. The number of hydrogen-bond acceptors (Lipinski definition) is 2. The molecule has 1 aromatic heterocycles. The second-order valence-corrected chi connectivity index (χ2v) is 3.94. The van der Waals surface area contributed by atoms with Gasteiger partial charge < -0.3 is 4.90 Å². The van der Waals surface area contributed by atoms with Gasteiger partial charge in [0.25, 0.3) is 0 Å². The highest BCUT2D eigenvalue weighted by Crippen LogP contribution is 2.17. The van der Waals surface area contributed by atoms with Crippen LogP contribution in [-0.2, 0) is 6.42 Å². The number of nitrogens with zero attached hydrogens (tertiary/aromatic N) is 2. The third kappa shape index (κ3) is 2.28. The van der Waals surface area contributed by atoms with E-state index >= 15 is 0 Å². The Labute approximate surface area is 79.6 Å². The fraction of sp³-hybridized carbons (Fsp3) is 0.545. The SMILES string of the molecule is CN1CCC(Cc2ccccn2)C1. The molecule has 0 bridgehead atoms. The van der Waals surface area contributed by atoms with Crippen molar-refractivity contribution in [3.8, 4) is 0 Å². The molecule has 1 fully saturated rings. The molecular formula is C11H16N2. The Morgan fingerprint density at radius 1 is 1.54 bits per heavy atom. The van der Waals surface area contributed by atoms with E-state index in [0.29, 0.717) is 0 Å². The van der Waals surface area contributed by atoms with Gasteiger partial charge in [0.2, 0.25) is 0 Å². The molecule has 70 valence electrons. The highest BCUT2D eigenvalue weighted by atomic mass is 15.1. The zero-order chi connectivity index (χ0) is 9.10. The van der Waals surface area contributed by atoms with E-state index in [2.05, 4.69) is 29.1 Å². The van der Waals surface area contributed by atoms with Gasteiger partial charge in [-0.1, -0.05) is 6.07 Å². The van der Waals surface area contributed by atoms with Gasteiger partial charge >= 0.3 is 0 Å². The first-order chi connectivity index (χ1) is 6.34. The summed E-state index contributed by atoms with van der Waals surface area (Å²) in [5, 5.41) is 0. The largest absolute Gasteiger partial charge is 0.306 e. The summed E-state index contributed by atoms with van der Waals surface area (Å²) in [7, 11) is 2.19. The molecule has 1 atom stereocenters. The maximum Gasteiger partial charge on any atom is 0.0406 e. The van der Waals surface area contributed by atoms with Crippen molar-refractivity contribution in [2.45, 2.75) is 12.8 Å². The molecule has 0 aliphatic carbocycles. The van der Waals surface area contributed by atoms with Crippen LogP contribution in [0.15, 0.2) is 24.4 Å². The molecule has 0 N–H and O–H groups in total. The molecule has 13 heavy (non-hydrogen) atoms. The lowest BCUT2D eigenvalue weighted by Crippen LogP contribution is -2.15. The minimum absolute atomic E-state index is 0.819. The Kier molecular flexibility index (Phi) is 2.60. The summed E-state index contributed by atoms with van der Waals surface area (Å²) in [6.07, 6.45) is 4.35. The van der Waals surface area contributed by atoms with Gasteiger partial charge in [0.1, 0.15) is 0 Å². The van der Waals surface area contributed by atoms with Gasteiger partial charge in [-0.2, -0.15) is 0 Å². The molecule has 2 nitrogen and oxygen atoms in total. The van der Waals surface area contributed by atoms with E-state index < -0.39 is 0 Å². The molecule has 1 aliphatic heterocycles. The van der Waals surface area contributed by atoms with Crippen LogP contribution in [0.4, 0.5) is 0 Å². The van der Waals surface area contributed by atoms with Gasteiger partial charge in [-0.3, -0.25) is 4.98 Å². The Balaban J connectivity index is 1.92. The van der Waals surface area contributed by atoms with Crippen molar-refractivity contribution in [1.82, 2.24) is 9.88 Å². The highest BCUT2D eigenvalue weighted by Gasteiger charge is 2.19. The molecule has 0 aromatic carbocycles. The third-order valence-corrected chi connectivity index (χ3v) is 2.71. The molecule has 0 saturated carbocycles. The molecule has 0 radical (unpaired) electrons. The maximum atomic E-state index is 4.35. The van der Waals surface area contributed by atoms with Crippen LogP contribution in [0.2, 0.25) is 0 Å². The van der Waals surface area contributed by atoms with Crippen LogP contribution in [0, 0.1) is 5.92 Å². The predicted octanol–water partition coefficient (Wildman–Crippen LogP) is 1.58. The molecule has 1 unspecified atom stereocenters. The van der Waals surface area contributed by atoms with Crippen molar-refractivity contribution in [3.05, 3.63) is 30.1 Å². The van der Waals surface area contributed by atoms with E-state index in [1.54, 1.807) is 0 Å². The topological polar surface area (TPSA) is 16.1 Å². The molecule has 2 heterocycles. The summed E-state index contributed by atoms with van der Waals surface area (Å²) in [5.74, 6) is 0.819. The second-order valence-electron chi connectivity index (χ2n) is 3.94. The maximum absolute atomic E-state index is 4.35. The summed E-state index contributed by atoms with van der Waals surface area (Å²) < 4.78 is 0. The van der Waals surface area contributed by atoms with Crippen LogP contribution >= 0.6 is 0 Å². The molecule has 1 aliphatic rings. The van der Waals surface area contributed by atoms with Gasteiger partial charge in [0.05, 0.1) is 0 Å². The number of likely N-dealkylation sites (tertiary alicyclic amines) is 1. The van der Waals surface area contributed by atoms with Crippen LogP contribution in [0.25, 0.3) is 0 Å². The van der Waals surface area contributed by atoms with Crippen molar-refractivity contribution >= 4 is 0 Å². The Hall–Kier alpha value is -0.890. The van der Waals surface area contributed by atoms with Crippen LogP contribution in [0.5, 0.6) is 0 Å². The zero-order valence-electron chi connectivity index (χ0n) is 8.11. The zero-order valence-corrected chi connectivity index (χ0v) is 8.11. The van der Waals surface area contributed by atoms with Gasteiger partial charge in [-0.25, -0.2) is 0 Å². The lowest BCUT2D eigenvalue weighted by Gasteiger charge is -2.09. The van der Waals surface area contributed by atoms with Gasteiger partial charge in [0.15, 0.2) is 0 Å². The summed E-state index contributed by atoms with van der Waals surface area (Å²) in [4.78, 5) is 6.75. The first kappa shape index (κ1) is 8.70. The van der Waals surface area contributed by atoms with Crippen molar-refractivity contribution in [1.29, 1.82) is 0 Å². The van der Waals surface area contributed by atoms with Crippen molar-refractivity contribution in [3.63, 3.8) is 0 Å². The average Bonchev–Trinajstić information content (AvgIpc) is 2.53. The van der Waals surface area contributed by atoms with E-state index in [1.807, 2.05) is 12.3 Å². The van der Waals surface area contributed by atoms with E-state index in [0.717, 1.165) is 12.3 Å². The molecule has 2 heteroatoms. The summed E-state index contributed by atoms with van der Waals surface area (Å²) in [5.41, 5.74) is 1.24. The van der Waals surface area contributed by atoms with Crippen LogP contribution in [-0.4, -0.2) is 30.0 Å². The van der Waals surface area contributed by atoms with Gasteiger partial charge in [-0.05, 0) is 44.5 Å². The lowest BCUT2D eigenvalue weighted by molar-refractivity contribution is 0.393. The minimum Gasteiger partial charge on any atom is -0.306 e. The normalized spacial score (nSPS) is 23.6. The van der Waals surface area contributed by atoms with E-state index in [9.17, 15) is 0 Å². The standard InChI is InChI=1S/C11H16N2/c1-13-7-5-10(9-13)8-11-4-2-3-6-12-11/h2-4,6,10H,5,7-9H2,1H3. The molecule has 2 rings (SSSR count). The Bertz CT molecular complexity index is 258. The number of aromatic nitrogens is 1. The molecular weight excluding hydrogens is 160 g/mol. The van der Waals surface area contributed by atoms with Gasteiger partial charge in [-0.15, -0.1) is 0 Å². The number of hydrogen-bond donors (Lipinski definition) is 0. The Morgan fingerprint density at radius 3 is 3.08 bits per heavy atom. The predicted molar refractivity (Wildman–Crippen MR) is 53.5 cm³/mol. The quantitative estimate of drug-likeness (QED) is 0.680. The van der Waals surface area contributed by atoms with Crippen molar-refractivity contribution in [2.75, 3.05) is 20.1 Å². The minimum atomic E-state index is 0.819. The highest BCUT2D eigenvalue weighted by molar-refractivity contribution is 5.04. The molecule has 0 spiro atoms.